The van der Waals surface area contributed by atoms with Crippen LogP contribution in [0.25, 0.3) is 11.1 Å². The van der Waals surface area contributed by atoms with Crippen LogP contribution < -0.4 is 9.47 Å². The lowest BCUT2D eigenvalue weighted by molar-refractivity contribution is 0.289. The molecule has 0 bridgehead atoms. The second-order valence-corrected chi connectivity index (χ2v) is 7.33. The number of hydrogen-bond donors (Lipinski definition) is 0. The Balaban J connectivity index is 1.72. The van der Waals surface area contributed by atoms with Gasteiger partial charge in [-0.15, -0.1) is 0 Å². The molecule has 1 aliphatic rings. The third-order valence-electron chi connectivity index (χ3n) is 5.24. The summed E-state index contributed by atoms with van der Waals surface area (Å²) in [5.74, 6) is 1.13. The predicted octanol–water partition coefficient (Wildman–Crippen LogP) is 6.73. The van der Waals surface area contributed by atoms with Crippen molar-refractivity contribution >= 4 is 0 Å². The molecular formula is C24H31FO2. The van der Waals surface area contributed by atoms with E-state index in [1.54, 1.807) is 6.07 Å². The van der Waals surface area contributed by atoms with Gasteiger partial charge >= 0.3 is 0 Å². The van der Waals surface area contributed by atoms with E-state index in [0.717, 1.165) is 61.2 Å². The van der Waals surface area contributed by atoms with Crippen molar-refractivity contribution in [1.29, 1.82) is 0 Å². The maximum atomic E-state index is 15.0. The van der Waals surface area contributed by atoms with Crippen molar-refractivity contribution in [2.45, 2.75) is 65.2 Å². The first-order valence-corrected chi connectivity index (χ1v) is 10.4. The summed E-state index contributed by atoms with van der Waals surface area (Å²) in [5, 5.41) is 0. The van der Waals surface area contributed by atoms with Crippen LogP contribution >= 0.6 is 0 Å². The van der Waals surface area contributed by atoms with E-state index in [1.807, 2.05) is 12.1 Å². The van der Waals surface area contributed by atoms with Crippen LogP contribution in [0.5, 0.6) is 11.5 Å². The molecule has 0 aliphatic heterocycles. The van der Waals surface area contributed by atoms with Crippen molar-refractivity contribution in [3.63, 3.8) is 0 Å². The average molecular weight is 371 g/mol. The van der Waals surface area contributed by atoms with Gasteiger partial charge in [-0.2, -0.15) is 0 Å². The summed E-state index contributed by atoms with van der Waals surface area (Å²) in [5.41, 5.74) is 4.14. The van der Waals surface area contributed by atoms with Gasteiger partial charge in [-0.05, 0) is 66.1 Å². The molecule has 0 spiro atoms. The molecule has 0 atom stereocenters. The fourth-order valence-corrected chi connectivity index (χ4v) is 3.64. The summed E-state index contributed by atoms with van der Waals surface area (Å²) in [7, 11) is 0. The summed E-state index contributed by atoms with van der Waals surface area (Å²) >= 11 is 0. The largest absolute Gasteiger partial charge is 0.494 e. The van der Waals surface area contributed by atoms with Crippen molar-refractivity contribution in [2.24, 2.45) is 0 Å². The number of unbranched alkanes of at least 4 members (excludes halogenated alkanes) is 4. The van der Waals surface area contributed by atoms with E-state index in [9.17, 15) is 4.39 Å². The molecule has 0 aromatic heterocycles. The third kappa shape index (κ3) is 4.82. The molecular weight excluding hydrogens is 339 g/mol. The Morgan fingerprint density at radius 3 is 2.41 bits per heavy atom. The summed E-state index contributed by atoms with van der Waals surface area (Å²) in [6.45, 7) is 5.68. The van der Waals surface area contributed by atoms with Crippen LogP contribution in [-0.2, 0) is 12.8 Å². The van der Waals surface area contributed by atoms with E-state index in [4.69, 9.17) is 9.47 Å². The van der Waals surface area contributed by atoms with Gasteiger partial charge in [-0.3, -0.25) is 0 Å². The number of rotatable bonds is 10. The maximum absolute atomic E-state index is 15.0. The average Bonchev–Trinajstić information content (AvgIpc) is 2.69. The molecule has 0 radical (unpaired) electrons. The first-order valence-electron chi connectivity index (χ1n) is 10.4. The first-order chi connectivity index (χ1) is 13.2. The van der Waals surface area contributed by atoms with Crippen molar-refractivity contribution in [3.05, 3.63) is 47.3 Å². The van der Waals surface area contributed by atoms with Gasteiger partial charge in [0.15, 0.2) is 11.6 Å². The molecule has 2 aromatic carbocycles. The van der Waals surface area contributed by atoms with Crippen LogP contribution in [0, 0.1) is 5.82 Å². The number of ether oxygens (including phenoxy) is 2. The number of hydrogen-bond acceptors (Lipinski definition) is 2. The Labute approximate surface area is 162 Å². The zero-order chi connectivity index (χ0) is 19.1. The minimum atomic E-state index is -0.183. The molecule has 0 saturated carbocycles. The highest BCUT2D eigenvalue weighted by Crippen LogP contribution is 2.39. The smallest absolute Gasteiger partial charge is 0.168 e. The van der Waals surface area contributed by atoms with Gasteiger partial charge < -0.3 is 9.47 Å². The number of aryl methyl sites for hydroxylation is 1. The lowest BCUT2D eigenvalue weighted by Crippen LogP contribution is -2.09. The Morgan fingerprint density at radius 1 is 0.815 bits per heavy atom. The molecule has 0 saturated heterocycles. The highest BCUT2D eigenvalue weighted by molar-refractivity contribution is 5.75. The van der Waals surface area contributed by atoms with Gasteiger partial charge in [0.25, 0.3) is 0 Å². The predicted molar refractivity (Wildman–Crippen MR) is 109 cm³/mol. The van der Waals surface area contributed by atoms with Gasteiger partial charge in [0.05, 0.1) is 13.2 Å². The standard InChI is InChI=1S/C24H31FO2/c1-3-5-7-8-16-27-23-14-13-21-20-12-10-19(26-15-6-4-2)17-18(20)9-11-22(21)24(23)25/h10,12-14,17H,3-9,11,15-16H2,1-2H3. The zero-order valence-corrected chi connectivity index (χ0v) is 16.7. The van der Waals surface area contributed by atoms with Crippen LogP contribution in [0.15, 0.2) is 30.3 Å². The molecule has 27 heavy (non-hydrogen) atoms. The molecule has 146 valence electrons. The molecule has 1 aliphatic carbocycles. The van der Waals surface area contributed by atoms with Gasteiger partial charge in [0.1, 0.15) is 5.75 Å². The Bertz CT molecular complexity index is 754. The fourth-order valence-electron chi connectivity index (χ4n) is 3.64. The third-order valence-corrected chi connectivity index (χ3v) is 5.24. The molecule has 0 unspecified atom stereocenters. The molecule has 0 amide bonds. The van der Waals surface area contributed by atoms with E-state index in [0.29, 0.717) is 18.8 Å². The molecule has 0 heterocycles. The van der Waals surface area contributed by atoms with Gasteiger partial charge in [0, 0.05) is 0 Å². The lowest BCUT2D eigenvalue weighted by Gasteiger charge is -2.22. The molecule has 3 heteroatoms. The summed E-state index contributed by atoms with van der Waals surface area (Å²) in [4.78, 5) is 0. The monoisotopic (exact) mass is 370 g/mol. The summed E-state index contributed by atoms with van der Waals surface area (Å²) in [6.07, 6.45) is 8.25. The van der Waals surface area contributed by atoms with Crippen molar-refractivity contribution in [3.8, 4) is 22.6 Å². The molecule has 0 N–H and O–H groups in total. The SMILES string of the molecule is CCCCCCOc1ccc2c(c1F)CCc1cc(OCCCC)ccc1-2. The van der Waals surface area contributed by atoms with Crippen LogP contribution in [0.4, 0.5) is 4.39 Å². The van der Waals surface area contributed by atoms with Gasteiger partial charge in [-0.25, -0.2) is 4.39 Å². The normalized spacial score (nSPS) is 12.4. The van der Waals surface area contributed by atoms with Crippen LogP contribution in [0.3, 0.4) is 0 Å². The highest BCUT2D eigenvalue weighted by Gasteiger charge is 2.22. The summed E-state index contributed by atoms with van der Waals surface area (Å²) < 4.78 is 26.5. The van der Waals surface area contributed by atoms with E-state index in [-0.39, 0.29) is 5.82 Å². The maximum Gasteiger partial charge on any atom is 0.168 e. The van der Waals surface area contributed by atoms with Crippen LogP contribution in [0.1, 0.15) is 63.5 Å². The van der Waals surface area contributed by atoms with Crippen LogP contribution in [0.2, 0.25) is 0 Å². The van der Waals surface area contributed by atoms with Crippen molar-refractivity contribution in [2.75, 3.05) is 13.2 Å². The van der Waals surface area contributed by atoms with Crippen molar-refractivity contribution < 1.29 is 13.9 Å². The van der Waals surface area contributed by atoms with Gasteiger partial charge in [0.2, 0.25) is 0 Å². The van der Waals surface area contributed by atoms with Gasteiger partial charge in [-0.1, -0.05) is 51.7 Å². The first kappa shape index (κ1) is 19.7. The Morgan fingerprint density at radius 2 is 1.59 bits per heavy atom. The minimum Gasteiger partial charge on any atom is -0.494 e. The number of halogens is 1. The molecule has 2 aromatic rings. The second-order valence-electron chi connectivity index (χ2n) is 7.33. The lowest BCUT2D eigenvalue weighted by atomic mass is 9.85. The van der Waals surface area contributed by atoms with Crippen molar-refractivity contribution in [1.82, 2.24) is 0 Å². The molecule has 0 fully saturated rings. The second kappa shape index (κ2) is 9.77. The van der Waals surface area contributed by atoms with E-state index < -0.39 is 0 Å². The Hall–Kier alpha value is -2.03. The molecule has 3 rings (SSSR count). The topological polar surface area (TPSA) is 18.5 Å². The highest BCUT2D eigenvalue weighted by atomic mass is 19.1. The fraction of sp³-hybridized carbons (Fsp3) is 0.500. The quantitative estimate of drug-likeness (QED) is 0.432. The number of fused-ring (bicyclic) bond motifs is 3. The summed E-state index contributed by atoms with van der Waals surface area (Å²) in [6, 6.07) is 9.98. The molecule has 2 nitrogen and oxygen atoms in total. The van der Waals surface area contributed by atoms with E-state index in [1.165, 1.54) is 18.4 Å². The minimum absolute atomic E-state index is 0.183. The van der Waals surface area contributed by atoms with E-state index in [2.05, 4.69) is 26.0 Å². The van der Waals surface area contributed by atoms with E-state index >= 15 is 0 Å². The zero-order valence-electron chi connectivity index (χ0n) is 16.7. The Kier molecular flexibility index (Phi) is 7.14. The number of benzene rings is 2. The van der Waals surface area contributed by atoms with Crippen LogP contribution in [-0.4, -0.2) is 13.2 Å².